The van der Waals surface area contributed by atoms with Crippen molar-refractivity contribution in [3.05, 3.63) is 304 Å². The minimum absolute atomic E-state index is 0.413. The monoisotopic (exact) mass is 1070 g/mol. The first-order valence-corrected chi connectivity index (χ1v) is 29.7. The molecule has 84 heavy (non-hydrogen) atoms. The number of anilines is 3. The molecule has 5 aliphatic rings. The Bertz CT molecular complexity index is 5240. The van der Waals surface area contributed by atoms with Crippen LogP contribution >= 0.6 is 0 Å². The van der Waals surface area contributed by atoms with Crippen molar-refractivity contribution < 1.29 is 8.83 Å². The fourth-order valence-electron chi connectivity index (χ4n) is 17.5. The number of rotatable bonds is 4. The molecule has 2 heterocycles. The Hall–Kier alpha value is -9.96. The maximum Gasteiger partial charge on any atom is 0.144 e. The first-order chi connectivity index (χ1) is 41.1. The highest BCUT2D eigenvalue weighted by molar-refractivity contribution is 6.23. The van der Waals surface area contributed by atoms with Crippen molar-refractivity contribution in [2.24, 2.45) is 0 Å². The molecular weight excluding hydrogens is 1020 g/mol. The van der Waals surface area contributed by atoms with Gasteiger partial charge < -0.3 is 13.7 Å². The molecule has 1 spiro atoms. The fraction of sp³-hybridized carbons (Fsp3) is 0.111. The topological polar surface area (TPSA) is 29.5 Å². The van der Waals surface area contributed by atoms with Crippen molar-refractivity contribution >= 4 is 60.9 Å². The third kappa shape index (κ3) is 5.38. The number of para-hydroxylation sites is 3. The summed E-state index contributed by atoms with van der Waals surface area (Å²) in [6.45, 7) is 12.4. The molecule has 0 N–H and O–H groups in total. The molecular formula is C81H55NO2. The number of nitrogens with zero attached hydrogens (tertiary/aromatic N) is 1. The summed E-state index contributed by atoms with van der Waals surface area (Å²) in [4.78, 5) is 2.50. The molecule has 0 saturated carbocycles. The van der Waals surface area contributed by atoms with E-state index >= 15 is 0 Å². The van der Waals surface area contributed by atoms with Gasteiger partial charge in [0.15, 0.2) is 0 Å². The van der Waals surface area contributed by atoms with Gasteiger partial charge in [0.05, 0.1) is 5.41 Å². The van der Waals surface area contributed by atoms with Crippen molar-refractivity contribution in [1.82, 2.24) is 0 Å². The van der Waals surface area contributed by atoms with Crippen LogP contribution in [0.1, 0.15) is 95.8 Å². The lowest BCUT2D eigenvalue weighted by molar-refractivity contribution is 0.620. The third-order valence-corrected chi connectivity index (χ3v) is 20.8. The second kappa shape index (κ2) is 15.8. The molecule has 3 heteroatoms. The highest BCUT2D eigenvalue weighted by Gasteiger charge is 2.58. The van der Waals surface area contributed by atoms with E-state index in [0.29, 0.717) is 0 Å². The number of furan rings is 2. The number of hydrogen-bond acceptors (Lipinski definition) is 3. The molecule has 396 valence electrons. The summed E-state index contributed by atoms with van der Waals surface area (Å²) in [6, 6.07) is 90.8. The van der Waals surface area contributed by atoms with Gasteiger partial charge in [-0.05, 0) is 161 Å². The van der Waals surface area contributed by atoms with Crippen molar-refractivity contribution in [1.29, 1.82) is 0 Å². The first-order valence-electron chi connectivity index (χ1n) is 29.7. The molecule has 0 amide bonds. The Balaban J connectivity index is 0.853. The number of benzene rings is 12. The number of fused-ring (bicyclic) bond motifs is 31. The first kappa shape index (κ1) is 46.6. The predicted molar refractivity (Wildman–Crippen MR) is 345 cm³/mol. The van der Waals surface area contributed by atoms with Crippen molar-refractivity contribution in [3.8, 4) is 55.6 Å². The molecule has 14 aromatic rings. The van der Waals surface area contributed by atoms with Crippen LogP contribution in [0.15, 0.2) is 251 Å². The number of hydrogen-bond donors (Lipinski definition) is 0. The molecule has 0 aliphatic heterocycles. The van der Waals surface area contributed by atoms with Crippen LogP contribution in [-0.4, -0.2) is 0 Å². The van der Waals surface area contributed by atoms with Crippen molar-refractivity contribution in [2.45, 2.75) is 56.3 Å². The van der Waals surface area contributed by atoms with Gasteiger partial charge in [0.25, 0.3) is 0 Å². The SMILES string of the molecule is CC1(C)c2cc(N(c3ccccc3)c3ccc4c(c3)C(C)(C)c3c5c(c6oc7ccccc7c6c3-4)-c3ccccc3C53c4ccccc4-c4ccccc43)ccc2-c2c1c1c(c3oc4ccccc4c23)-c2ccccc2C1(C)c1ccccc1. The Labute approximate surface area is 487 Å². The van der Waals surface area contributed by atoms with Crippen LogP contribution in [0.4, 0.5) is 17.1 Å². The lowest BCUT2D eigenvalue weighted by atomic mass is 9.65. The van der Waals surface area contributed by atoms with Crippen LogP contribution < -0.4 is 4.90 Å². The Morgan fingerprint density at radius 2 is 0.690 bits per heavy atom. The summed E-state index contributed by atoms with van der Waals surface area (Å²) in [5.41, 5.74) is 32.5. The molecule has 0 saturated heterocycles. The van der Waals surface area contributed by atoms with E-state index in [1.54, 1.807) is 0 Å². The van der Waals surface area contributed by atoms with Gasteiger partial charge in [0.2, 0.25) is 0 Å². The Morgan fingerprint density at radius 1 is 0.298 bits per heavy atom. The van der Waals surface area contributed by atoms with Gasteiger partial charge in [0, 0.05) is 66.0 Å². The van der Waals surface area contributed by atoms with Crippen LogP contribution in [-0.2, 0) is 21.7 Å². The van der Waals surface area contributed by atoms with Gasteiger partial charge in [-0.2, -0.15) is 0 Å². The van der Waals surface area contributed by atoms with Crippen LogP contribution in [0, 0.1) is 0 Å². The maximum absolute atomic E-state index is 7.29. The lowest BCUT2D eigenvalue weighted by Crippen LogP contribution is -2.30. The molecule has 5 aliphatic carbocycles. The molecule has 12 aromatic carbocycles. The zero-order chi connectivity index (χ0) is 55.8. The van der Waals surface area contributed by atoms with Gasteiger partial charge in [-0.15, -0.1) is 0 Å². The quantitative estimate of drug-likeness (QED) is 0.176. The largest absolute Gasteiger partial charge is 0.455 e. The summed E-state index contributed by atoms with van der Waals surface area (Å²) < 4.78 is 14.5. The Morgan fingerprint density at radius 3 is 1.23 bits per heavy atom. The van der Waals surface area contributed by atoms with Crippen LogP contribution in [0.25, 0.3) is 99.5 Å². The highest BCUT2D eigenvalue weighted by atomic mass is 16.3. The molecule has 0 radical (unpaired) electrons. The summed E-state index contributed by atoms with van der Waals surface area (Å²) in [7, 11) is 0. The van der Waals surface area contributed by atoms with Gasteiger partial charge >= 0.3 is 0 Å². The second-order valence-corrected chi connectivity index (χ2v) is 25.4. The van der Waals surface area contributed by atoms with Crippen LogP contribution in [0.3, 0.4) is 0 Å². The highest BCUT2D eigenvalue weighted by Crippen LogP contribution is 2.70. The van der Waals surface area contributed by atoms with Gasteiger partial charge in [-0.3, -0.25) is 0 Å². The Kier molecular flexibility index (Phi) is 8.75. The van der Waals surface area contributed by atoms with Crippen LogP contribution in [0.2, 0.25) is 0 Å². The molecule has 2 aromatic heterocycles. The maximum atomic E-state index is 7.29. The average molecular weight is 1070 g/mol. The molecule has 19 rings (SSSR count). The second-order valence-electron chi connectivity index (χ2n) is 25.4. The minimum Gasteiger partial charge on any atom is -0.455 e. The lowest BCUT2D eigenvalue weighted by Gasteiger charge is -2.35. The van der Waals surface area contributed by atoms with E-state index < -0.39 is 21.7 Å². The van der Waals surface area contributed by atoms with E-state index in [1.165, 1.54) is 128 Å². The summed E-state index contributed by atoms with van der Waals surface area (Å²) in [5.74, 6) is 0. The van der Waals surface area contributed by atoms with Crippen molar-refractivity contribution in [3.63, 3.8) is 0 Å². The average Bonchev–Trinajstić information content (AvgIpc) is 1.72. The minimum atomic E-state index is -0.570. The molecule has 0 bridgehead atoms. The molecule has 3 nitrogen and oxygen atoms in total. The smallest absolute Gasteiger partial charge is 0.144 e. The zero-order valence-corrected chi connectivity index (χ0v) is 47.4. The predicted octanol–water partition coefficient (Wildman–Crippen LogP) is 21.2. The summed E-state index contributed by atoms with van der Waals surface area (Å²) >= 11 is 0. The van der Waals surface area contributed by atoms with E-state index in [-0.39, 0.29) is 0 Å². The van der Waals surface area contributed by atoms with E-state index in [4.69, 9.17) is 8.83 Å². The molecule has 0 fully saturated rings. The summed E-state index contributed by atoms with van der Waals surface area (Å²) in [6.07, 6.45) is 0. The van der Waals surface area contributed by atoms with E-state index in [2.05, 4.69) is 282 Å². The van der Waals surface area contributed by atoms with E-state index in [9.17, 15) is 0 Å². The normalized spacial score (nSPS) is 17.0. The van der Waals surface area contributed by atoms with Crippen molar-refractivity contribution in [2.75, 3.05) is 4.90 Å². The van der Waals surface area contributed by atoms with Gasteiger partial charge in [0.1, 0.15) is 22.3 Å². The van der Waals surface area contributed by atoms with Gasteiger partial charge in [-0.25, -0.2) is 0 Å². The standard InChI is InChI=1S/C81H55NO2/c1-78(2)62-44-48(40-42-54(62)66-68-56-32-16-22-38-64(56)83-76(68)70-52-30-14-18-34-58(52)80(5,74(70)72(66)78)46-24-8-6-9-25-46)82(47-26-10-7-11-27-47)49-41-43-55-63(45-49)79(3,4)73-67(55)69-57-33-17-23-39-65(57)84-77(69)71-53-31-15-21-37-61(53)81(75(71)73)59-35-19-12-28-50(59)51-29-13-20-36-60(51)81/h6-45H,1-5H3. The summed E-state index contributed by atoms with van der Waals surface area (Å²) in [5, 5.41) is 4.70. The molecule has 1 atom stereocenters. The van der Waals surface area contributed by atoms with Gasteiger partial charge in [-0.1, -0.05) is 222 Å². The third-order valence-electron chi connectivity index (χ3n) is 20.8. The molecule has 1 unspecified atom stereocenters. The van der Waals surface area contributed by atoms with E-state index in [0.717, 1.165) is 50.2 Å². The fourth-order valence-corrected chi connectivity index (χ4v) is 17.5. The van der Waals surface area contributed by atoms with Crippen LogP contribution in [0.5, 0.6) is 0 Å². The zero-order valence-electron chi connectivity index (χ0n) is 47.4. The van der Waals surface area contributed by atoms with E-state index in [1.807, 2.05) is 0 Å².